The van der Waals surface area contributed by atoms with Gasteiger partial charge in [0.05, 0.1) is 41.0 Å². The molecule has 0 bridgehead atoms. The highest BCUT2D eigenvalue weighted by atomic mass is 32.1. The molecule has 0 aromatic carbocycles. The third kappa shape index (κ3) is 12.3. The Kier molecular flexibility index (Phi) is 15.5. The summed E-state index contributed by atoms with van der Waals surface area (Å²) in [5, 5.41) is 3.31. The van der Waals surface area contributed by atoms with Crippen molar-refractivity contribution in [2.24, 2.45) is 11.3 Å². The molecule has 3 rings (SSSR count). The summed E-state index contributed by atoms with van der Waals surface area (Å²) in [6, 6.07) is 0. The molecule has 2 fully saturated rings. The maximum Gasteiger partial charge on any atom is 0.192 e. The Balaban J connectivity index is 1.75. The summed E-state index contributed by atoms with van der Waals surface area (Å²) in [6.07, 6.45) is 12.2. The van der Waals surface area contributed by atoms with E-state index in [2.05, 4.69) is 83.2 Å². The predicted molar refractivity (Wildman–Crippen MR) is 210 cm³/mol. The van der Waals surface area contributed by atoms with E-state index < -0.39 is 19.5 Å². The number of rotatable bonds is 16. The van der Waals surface area contributed by atoms with Crippen LogP contribution >= 0.6 is 11.3 Å². The molecule has 0 aliphatic carbocycles. The fourth-order valence-electron chi connectivity index (χ4n) is 6.53. The van der Waals surface area contributed by atoms with Gasteiger partial charge in [-0.05, 0) is 122 Å². The molecule has 50 heavy (non-hydrogen) atoms. The summed E-state index contributed by atoms with van der Waals surface area (Å²) >= 11 is 1.68. The number of carbonyl (C=O) groups excluding carboxylic acids is 1. The minimum Gasteiger partial charge on any atom is -0.410 e. The number of hydrogen-bond donors (Lipinski definition) is 0. The van der Waals surface area contributed by atoms with Gasteiger partial charge in [0.1, 0.15) is 5.78 Å². The van der Waals surface area contributed by atoms with E-state index in [4.69, 9.17) is 23.4 Å². The number of allylic oxidation sites excluding steroid dienone is 2. The van der Waals surface area contributed by atoms with Crippen LogP contribution in [0.3, 0.4) is 0 Å². The molecule has 1 aromatic rings. The highest BCUT2D eigenvalue weighted by Crippen LogP contribution is 2.40. The average Bonchev–Trinajstić information content (AvgIpc) is 3.44. The normalized spacial score (nSPS) is 23.4. The molecule has 284 valence electrons. The van der Waals surface area contributed by atoms with Crippen molar-refractivity contribution in [1.29, 1.82) is 0 Å². The zero-order valence-corrected chi connectivity index (χ0v) is 35.7. The molecule has 0 N–H and O–H groups in total. The number of ether oxygens (including phenoxy) is 4. The molecule has 1 aromatic heterocycles. The van der Waals surface area contributed by atoms with Crippen molar-refractivity contribution in [2.75, 3.05) is 13.2 Å². The summed E-state index contributed by atoms with van der Waals surface area (Å²) in [6.45, 7) is 31.2. The van der Waals surface area contributed by atoms with Crippen LogP contribution in [0.1, 0.15) is 132 Å². The second kappa shape index (κ2) is 18.0. The van der Waals surface area contributed by atoms with Crippen molar-refractivity contribution in [1.82, 2.24) is 4.98 Å². The molecular weight excluding hydrogens is 663 g/mol. The molecule has 5 atom stereocenters. The SMILES string of the molecule is C/C(=C\C[C@H](O[Si](C)(C)C(C)(C)C)/C(C)=C/c1csc(C)n1)CC/C=C(\C)[C@H](OC1CCCCO1)C(C)C(=O)C(C)(C)[C@@H]1CCOC(C)(C)O1. The van der Waals surface area contributed by atoms with Crippen LogP contribution in [0.15, 0.2) is 34.3 Å². The number of aromatic nitrogens is 1. The Bertz CT molecular complexity index is 1350. The Hall–Kier alpha value is -1.46. The third-order valence-electron chi connectivity index (χ3n) is 10.9. The zero-order valence-electron chi connectivity index (χ0n) is 33.9. The second-order valence-electron chi connectivity index (χ2n) is 17.2. The van der Waals surface area contributed by atoms with Gasteiger partial charge in [-0.2, -0.15) is 0 Å². The van der Waals surface area contributed by atoms with Gasteiger partial charge in [0.15, 0.2) is 20.4 Å². The number of hydrogen-bond acceptors (Lipinski definition) is 8. The highest BCUT2D eigenvalue weighted by molar-refractivity contribution is 7.09. The van der Waals surface area contributed by atoms with Crippen molar-refractivity contribution in [2.45, 2.75) is 177 Å². The first-order valence-electron chi connectivity index (χ1n) is 18.9. The quantitative estimate of drug-likeness (QED) is 0.124. The van der Waals surface area contributed by atoms with Crippen LogP contribution < -0.4 is 0 Å². The van der Waals surface area contributed by atoms with E-state index in [1.807, 2.05) is 41.5 Å². The van der Waals surface area contributed by atoms with Gasteiger partial charge in [0.2, 0.25) is 0 Å². The van der Waals surface area contributed by atoms with E-state index >= 15 is 0 Å². The molecule has 2 aliphatic rings. The molecule has 2 saturated heterocycles. The van der Waals surface area contributed by atoms with Crippen molar-refractivity contribution in [3.05, 3.63) is 45.0 Å². The summed E-state index contributed by atoms with van der Waals surface area (Å²) in [7, 11) is -2.00. The number of carbonyl (C=O) groups is 1. The van der Waals surface area contributed by atoms with Crippen LogP contribution in [-0.4, -0.2) is 62.7 Å². The molecule has 0 saturated carbocycles. The van der Waals surface area contributed by atoms with E-state index in [0.717, 1.165) is 54.8 Å². The predicted octanol–water partition coefficient (Wildman–Crippen LogP) is 11.0. The Morgan fingerprint density at radius 2 is 1.78 bits per heavy atom. The largest absolute Gasteiger partial charge is 0.410 e. The van der Waals surface area contributed by atoms with Crippen LogP contribution in [0.2, 0.25) is 18.1 Å². The molecule has 0 amide bonds. The highest BCUT2D eigenvalue weighted by Gasteiger charge is 2.46. The fraction of sp³-hybridized carbons (Fsp3) is 0.756. The lowest BCUT2D eigenvalue weighted by atomic mass is 9.73. The number of nitrogens with zero attached hydrogens (tertiary/aromatic N) is 1. The van der Waals surface area contributed by atoms with E-state index in [9.17, 15) is 4.79 Å². The lowest BCUT2D eigenvalue weighted by Gasteiger charge is -2.44. The van der Waals surface area contributed by atoms with Gasteiger partial charge in [-0.15, -0.1) is 11.3 Å². The van der Waals surface area contributed by atoms with Crippen molar-refractivity contribution < 1.29 is 28.2 Å². The van der Waals surface area contributed by atoms with Crippen LogP contribution in [-0.2, 0) is 28.2 Å². The van der Waals surface area contributed by atoms with Crippen LogP contribution in [0, 0.1) is 18.3 Å². The lowest BCUT2D eigenvalue weighted by molar-refractivity contribution is -0.289. The van der Waals surface area contributed by atoms with Gasteiger partial charge in [-0.3, -0.25) is 4.79 Å². The molecule has 3 heterocycles. The van der Waals surface area contributed by atoms with Gasteiger partial charge < -0.3 is 23.4 Å². The summed E-state index contributed by atoms with van der Waals surface area (Å²) in [5.74, 6) is -0.917. The Morgan fingerprint density at radius 1 is 1.08 bits per heavy atom. The number of thiazole rings is 1. The average molecular weight is 732 g/mol. The molecule has 0 radical (unpaired) electrons. The number of Topliss-reactive ketones (excluding diaryl/α,β-unsaturated/α-hetero) is 1. The summed E-state index contributed by atoms with van der Waals surface area (Å²) in [4.78, 5) is 18.9. The van der Waals surface area contributed by atoms with Crippen molar-refractivity contribution in [3.8, 4) is 0 Å². The number of aryl methyl sites for hydroxylation is 1. The van der Waals surface area contributed by atoms with Gasteiger partial charge >= 0.3 is 0 Å². The first-order valence-corrected chi connectivity index (χ1v) is 22.7. The third-order valence-corrected chi connectivity index (χ3v) is 16.2. The second-order valence-corrected chi connectivity index (χ2v) is 23.0. The van der Waals surface area contributed by atoms with Crippen molar-refractivity contribution in [3.63, 3.8) is 0 Å². The number of ketones is 1. The van der Waals surface area contributed by atoms with E-state index in [0.29, 0.717) is 19.6 Å². The van der Waals surface area contributed by atoms with Gasteiger partial charge in [-0.1, -0.05) is 59.3 Å². The first kappa shape index (κ1) is 42.9. The van der Waals surface area contributed by atoms with Crippen molar-refractivity contribution >= 4 is 31.5 Å². The van der Waals surface area contributed by atoms with Gasteiger partial charge in [0.25, 0.3) is 0 Å². The Labute approximate surface area is 309 Å². The zero-order chi connectivity index (χ0) is 37.5. The van der Waals surface area contributed by atoms with Crippen LogP contribution in [0.4, 0.5) is 0 Å². The summed E-state index contributed by atoms with van der Waals surface area (Å²) in [5.41, 5.74) is 3.93. The van der Waals surface area contributed by atoms with Crippen LogP contribution in [0.25, 0.3) is 6.08 Å². The van der Waals surface area contributed by atoms with E-state index in [-0.39, 0.29) is 41.3 Å². The van der Waals surface area contributed by atoms with E-state index in [1.165, 1.54) is 11.1 Å². The molecule has 0 spiro atoms. The van der Waals surface area contributed by atoms with Crippen LogP contribution in [0.5, 0.6) is 0 Å². The molecule has 2 aliphatic heterocycles. The standard InChI is InChI=1S/C41H69NO6SSi/c1-28(21-22-34(48-50(13,14)39(6,7)8)30(3)26-33-27-49-32(5)42-33)18-17-19-29(2)37(46-36-20-15-16-24-44-36)31(4)38(43)40(9,10)35-23-25-45-41(11,12)47-35/h19,21,26-27,31,34-37H,15-18,20,22-25H2,1-14H3/b28-21+,29-19+,30-26+/t31?,34-,35-,36?,37-/m0/s1. The minimum atomic E-state index is -2.00. The topological polar surface area (TPSA) is 76.1 Å². The smallest absolute Gasteiger partial charge is 0.192 e. The molecular formula is C41H69NO6SSi. The molecule has 7 nitrogen and oxygen atoms in total. The fourth-order valence-corrected chi connectivity index (χ4v) is 8.44. The Morgan fingerprint density at radius 3 is 2.36 bits per heavy atom. The summed E-state index contributed by atoms with van der Waals surface area (Å²) < 4.78 is 31.7. The maximum atomic E-state index is 14.2. The van der Waals surface area contributed by atoms with E-state index in [1.54, 1.807) is 11.3 Å². The first-order chi connectivity index (χ1) is 23.1. The molecule has 2 unspecified atom stereocenters. The van der Waals surface area contributed by atoms with Gasteiger partial charge in [0, 0.05) is 17.9 Å². The maximum absolute atomic E-state index is 14.2. The molecule has 9 heteroatoms. The lowest BCUT2D eigenvalue weighted by Crippen LogP contribution is -2.51. The monoisotopic (exact) mass is 731 g/mol. The van der Waals surface area contributed by atoms with Gasteiger partial charge in [-0.25, -0.2) is 4.98 Å². The minimum absolute atomic E-state index is 0.00102.